The summed E-state index contributed by atoms with van der Waals surface area (Å²) in [7, 11) is 1.85. The molecule has 3 aromatic rings. The van der Waals surface area contributed by atoms with Crippen molar-refractivity contribution in [3.8, 4) is 0 Å². The Bertz CT molecular complexity index is 769. The van der Waals surface area contributed by atoms with Gasteiger partial charge in [0.15, 0.2) is 10.6 Å². The number of H-pyrrole nitrogens is 1. The largest absolute Gasteiger partial charge is 0.331 e. The lowest BCUT2D eigenvalue weighted by Gasteiger charge is -2.01. The van der Waals surface area contributed by atoms with Crippen LogP contribution < -0.4 is 0 Å². The van der Waals surface area contributed by atoms with E-state index >= 15 is 0 Å². The van der Waals surface area contributed by atoms with Gasteiger partial charge in [-0.2, -0.15) is 5.10 Å². The molecular formula is C11H10BrN5S. The molecule has 0 saturated carbocycles. The van der Waals surface area contributed by atoms with E-state index in [1.54, 1.807) is 11.0 Å². The molecule has 0 saturated heterocycles. The summed E-state index contributed by atoms with van der Waals surface area (Å²) in [5, 5.41) is 4.27. The van der Waals surface area contributed by atoms with Crippen LogP contribution in [0.15, 0.2) is 29.0 Å². The van der Waals surface area contributed by atoms with E-state index in [1.165, 1.54) is 0 Å². The van der Waals surface area contributed by atoms with Crippen molar-refractivity contribution in [2.24, 2.45) is 7.05 Å². The van der Waals surface area contributed by atoms with E-state index in [-0.39, 0.29) is 0 Å². The Morgan fingerprint density at radius 2 is 2.28 bits per heavy atom. The van der Waals surface area contributed by atoms with Gasteiger partial charge in [0.2, 0.25) is 0 Å². The number of rotatable bonds is 2. The quantitative estimate of drug-likeness (QED) is 0.737. The first kappa shape index (κ1) is 11.6. The zero-order valence-corrected chi connectivity index (χ0v) is 12.0. The molecule has 7 heteroatoms. The minimum atomic E-state index is 0.566. The highest BCUT2D eigenvalue weighted by atomic mass is 79.9. The fourth-order valence-electron chi connectivity index (χ4n) is 1.88. The van der Waals surface area contributed by atoms with Crippen molar-refractivity contribution < 1.29 is 0 Å². The predicted molar refractivity (Wildman–Crippen MR) is 74.9 cm³/mol. The van der Waals surface area contributed by atoms with Crippen LogP contribution in [0.25, 0.3) is 11.0 Å². The van der Waals surface area contributed by atoms with Crippen LogP contribution >= 0.6 is 28.1 Å². The van der Waals surface area contributed by atoms with Gasteiger partial charge in [0.25, 0.3) is 0 Å². The molecule has 1 aromatic carbocycles. The molecule has 18 heavy (non-hydrogen) atoms. The number of benzene rings is 1. The number of imidazole rings is 1. The Kier molecular flexibility index (Phi) is 2.79. The summed E-state index contributed by atoms with van der Waals surface area (Å²) < 4.78 is 5.37. The summed E-state index contributed by atoms with van der Waals surface area (Å²) in [6.07, 6.45) is 1.68. The van der Waals surface area contributed by atoms with Crippen LogP contribution in [-0.2, 0) is 13.6 Å². The molecule has 0 unspecified atom stereocenters. The molecule has 0 fully saturated rings. The normalized spacial score (nSPS) is 11.2. The number of nitrogens with one attached hydrogen (secondary N) is 1. The highest BCUT2D eigenvalue weighted by molar-refractivity contribution is 9.10. The van der Waals surface area contributed by atoms with Crippen LogP contribution in [0.2, 0.25) is 0 Å². The second-order valence-corrected chi connectivity index (χ2v) is 5.31. The van der Waals surface area contributed by atoms with E-state index in [9.17, 15) is 0 Å². The summed E-state index contributed by atoms with van der Waals surface area (Å²) in [4.78, 5) is 7.40. The van der Waals surface area contributed by atoms with E-state index in [4.69, 9.17) is 12.2 Å². The van der Waals surface area contributed by atoms with Crippen molar-refractivity contribution in [1.82, 2.24) is 24.3 Å². The smallest absolute Gasteiger partial charge is 0.178 e. The Hall–Kier alpha value is -1.47. The summed E-state index contributed by atoms with van der Waals surface area (Å²) in [6, 6.07) is 6.01. The Labute approximate surface area is 117 Å². The Morgan fingerprint density at radius 1 is 1.44 bits per heavy atom. The molecular weight excluding hydrogens is 314 g/mol. The average molecular weight is 324 g/mol. The molecule has 0 aliphatic heterocycles. The minimum absolute atomic E-state index is 0.566. The molecule has 2 heterocycles. The van der Waals surface area contributed by atoms with Crippen LogP contribution in [-0.4, -0.2) is 24.3 Å². The summed E-state index contributed by atoms with van der Waals surface area (Å²) in [5.74, 6) is 0.745. The zero-order chi connectivity index (χ0) is 12.7. The molecule has 3 rings (SSSR count). The van der Waals surface area contributed by atoms with Crippen molar-refractivity contribution in [3.63, 3.8) is 0 Å². The summed E-state index contributed by atoms with van der Waals surface area (Å²) in [6.45, 7) is 0.566. The van der Waals surface area contributed by atoms with E-state index in [0.717, 1.165) is 21.3 Å². The molecule has 0 atom stereocenters. The van der Waals surface area contributed by atoms with Gasteiger partial charge in [0.05, 0.1) is 17.6 Å². The highest BCUT2D eigenvalue weighted by Gasteiger charge is 2.07. The number of hydrogen-bond acceptors (Lipinski definition) is 3. The molecule has 0 amide bonds. The van der Waals surface area contributed by atoms with Gasteiger partial charge in [-0.05, 0) is 30.4 Å². The third kappa shape index (κ3) is 1.99. The van der Waals surface area contributed by atoms with Gasteiger partial charge >= 0.3 is 0 Å². The third-order valence-corrected chi connectivity index (χ3v) is 3.50. The van der Waals surface area contributed by atoms with E-state index in [1.807, 2.05) is 29.8 Å². The van der Waals surface area contributed by atoms with Crippen LogP contribution in [0.4, 0.5) is 0 Å². The highest BCUT2D eigenvalue weighted by Crippen LogP contribution is 2.20. The van der Waals surface area contributed by atoms with Gasteiger partial charge in [-0.25, -0.2) is 4.98 Å². The average Bonchev–Trinajstić information content (AvgIpc) is 2.86. The van der Waals surface area contributed by atoms with Crippen LogP contribution in [0.1, 0.15) is 5.82 Å². The summed E-state index contributed by atoms with van der Waals surface area (Å²) in [5.41, 5.74) is 2.06. The topological polar surface area (TPSA) is 51.4 Å². The second-order valence-electron chi connectivity index (χ2n) is 4.01. The van der Waals surface area contributed by atoms with E-state index in [2.05, 4.69) is 31.0 Å². The fourth-order valence-corrected chi connectivity index (χ4v) is 2.50. The van der Waals surface area contributed by atoms with Crippen LogP contribution in [0, 0.1) is 4.77 Å². The Balaban J connectivity index is 2.13. The zero-order valence-electron chi connectivity index (χ0n) is 9.59. The molecule has 92 valence electrons. The maximum absolute atomic E-state index is 5.33. The van der Waals surface area contributed by atoms with Crippen molar-refractivity contribution in [3.05, 3.63) is 39.6 Å². The van der Waals surface area contributed by atoms with Gasteiger partial charge in [-0.15, -0.1) is 0 Å². The lowest BCUT2D eigenvalue weighted by molar-refractivity contribution is 0.707. The number of aryl methyl sites for hydroxylation is 1. The van der Waals surface area contributed by atoms with Gasteiger partial charge in [-0.1, -0.05) is 15.9 Å². The van der Waals surface area contributed by atoms with E-state index < -0.39 is 0 Å². The third-order valence-electron chi connectivity index (χ3n) is 2.68. The fraction of sp³-hybridized carbons (Fsp3) is 0.182. The SMILES string of the molecule is Cn1cnc(Cn2c(=S)[nH]c3ccc(Br)cc32)n1. The number of fused-ring (bicyclic) bond motifs is 1. The summed E-state index contributed by atoms with van der Waals surface area (Å²) >= 11 is 8.80. The van der Waals surface area contributed by atoms with Gasteiger partial charge < -0.3 is 9.55 Å². The number of nitrogens with zero attached hydrogens (tertiary/aromatic N) is 4. The Morgan fingerprint density at radius 3 is 3.00 bits per heavy atom. The number of hydrogen-bond donors (Lipinski definition) is 1. The molecule has 0 bridgehead atoms. The van der Waals surface area contributed by atoms with Gasteiger partial charge in [0, 0.05) is 11.5 Å². The maximum atomic E-state index is 5.33. The lowest BCUT2D eigenvalue weighted by Crippen LogP contribution is -2.02. The first-order valence-corrected chi connectivity index (χ1v) is 6.56. The van der Waals surface area contributed by atoms with Crippen molar-refractivity contribution in [2.75, 3.05) is 0 Å². The van der Waals surface area contributed by atoms with Gasteiger partial charge in [0.1, 0.15) is 6.33 Å². The first-order chi connectivity index (χ1) is 8.63. The predicted octanol–water partition coefficient (Wildman–Crippen LogP) is 2.64. The van der Waals surface area contributed by atoms with Crippen LogP contribution in [0.3, 0.4) is 0 Å². The van der Waals surface area contributed by atoms with Crippen LogP contribution in [0.5, 0.6) is 0 Å². The van der Waals surface area contributed by atoms with Crippen molar-refractivity contribution >= 4 is 39.2 Å². The van der Waals surface area contributed by atoms with Gasteiger partial charge in [-0.3, -0.25) is 4.68 Å². The molecule has 0 spiro atoms. The number of aromatic amines is 1. The minimum Gasteiger partial charge on any atom is -0.331 e. The molecule has 0 aliphatic rings. The van der Waals surface area contributed by atoms with E-state index in [0.29, 0.717) is 11.3 Å². The van der Waals surface area contributed by atoms with Crippen molar-refractivity contribution in [1.29, 1.82) is 0 Å². The second kappa shape index (κ2) is 4.33. The maximum Gasteiger partial charge on any atom is 0.178 e. The number of halogens is 1. The molecule has 2 aromatic heterocycles. The van der Waals surface area contributed by atoms with Crippen molar-refractivity contribution in [2.45, 2.75) is 6.54 Å². The molecule has 0 aliphatic carbocycles. The molecule has 1 N–H and O–H groups in total. The first-order valence-electron chi connectivity index (χ1n) is 5.36. The molecule has 5 nitrogen and oxygen atoms in total. The lowest BCUT2D eigenvalue weighted by atomic mass is 10.3. The number of aromatic nitrogens is 5. The standard InChI is InChI=1S/C11H10BrN5S/c1-16-6-13-10(15-16)5-17-9-4-7(12)2-3-8(9)14-11(17)18/h2-4,6H,5H2,1H3,(H,14,18). The monoisotopic (exact) mass is 323 g/mol. The molecule has 0 radical (unpaired) electrons.